The number of benzene rings is 3. The van der Waals surface area contributed by atoms with Crippen molar-refractivity contribution in [1.29, 1.82) is 0 Å². The minimum atomic E-state index is -0.389. The quantitative estimate of drug-likeness (QED) is 0.325. The lowest BCUT2D eigenvalue weighted by Gasteiger charge is -2.34. The predicted molar refractivity (Wildman–Crippen MR) is 133 cm³/mol. The second kappa shape index (κ2) is 14.1. The van der Waals surface area contributed by atoms with Crippen molar-refractivity contribution < 1.29 is 4.58 Å². The van der Waals surface area contributed by atoms with Crippen molar-refractivity contribution in [2.24, 2.45) is 4.99 Å². The normalized spacial score (nSPS) is 11.6. The van der Waals surface area contributed by atoms with Gasteiger partial charge in [-0.05, 0) is 0 Å². The summed E-state index contributed by atoms with van der Waals surface area (Å²) in [6.45, 7) is 12.8. The summed E-state index contributed by atoms with van der Waals surface area (Å²) in [5.41, 5.74) is 3.33. The van der Waals surface area contributed by atoms with Crippen LogP contribution in [0.1, 0.15) is 58.2 Å². The van der Waals surface area contributed by atoms with Gasteiger partial charge in [0.15, 0.2) is 11.8 Å². The van der Waals surface area contributed by atoms with Crippen molar-refractivity contribution in [1.82, 2.24) is 0 Å². The molecule has 0 spiro atoms. The Morgan fingerprint density at radius 3 is 1.17 bits per heavy atom. The number of hydrogen-bond acceptors (Lipinski definition) is 1. The van der Waals surface area contributed by atoms with E-state index in [1.54, 1.807) is 0 Å². The van der Waals surface area contributed by atoms with Crippen LogP contribution in [-0.4, -0.2) is 23.7 Å². The van der Waals surface area contributed by atoms with Gasteiger partial charge in [0.1, 0.15) is 6.54 Å². The molecule has 0 fully saturated rings. The highest BCUT2D eigenvalue weighted by Crippen LogP contribution is 2.40. The van der Waals surface area contributed by atoms with Crippen LogP contribution in [0.5, 0.6) is 0 Å². The van der Waals surface area contributed by atoms with Crippen LogP contribution in [0, 0.1) is 0 Å². The molecule has 0 amide bonds. The first kappa shape index (κ1) is 25.0. The van der Waals surface area contributed by atoms with Crippen molar-refractivity contribution >= 4 is 12.6 Å². The smallest absolute Gasteiger partial charge is 0.239 e. The third kappa shape index (κ3) is 5.33. The third-order valence-corrected chi connectivity index (χ3v) is 4.60. The van der Waals surface area contributed by atoms with Crippen LogP contribution in [-0.2, 0) is 5.54 Å². The molecule has 1 aliphatic heterocycles. The van der Waals surface area contributed by atoms with Crippen molar-refractivity contribution in [2.45, 2.75) is 47.1 Å². The minimum absolute atomic E-state index is 0.389. The van der Waals surface area contributed by atoms with Gasteiger partial charge in [-0.1, -0.05) is 138 Å². The summed E-state index contributed by atoms with van der Waals surface area (Å²) in [6, 6.07) is 32.0. The van der Waals surface area contributed by atoms with Gasteiger partial charge in [-0.2, -0.15) is 0 Å². The molecule has 1 heterocycles. The molecule has 0 radical (unpaired) electrons. The molecule has 2 nitrogen and oxygen atoms in total. The first-order chi connectivity index (χ1) is 14.9. The second-order valence-electron chi connectivity index (χ2n) is 5.91. The highest BCUT2D eigenvalue weighted by Gasteiger charge is 2.44. The van der Waals surface area contributed by atoms with Gasteiger partial charge in [-0.25, -0.2) is 4.58 Å². The monoisotopic (exact) mass is 401 g/mol. The maximum absolute atomic E-state index is 4.38. The molecule has 3 aromatic carbocycles. The van der Waals surface area contributed by atoms with Gasteiger partial charge < -0.3 is 0 Å². The van der Waals surface area contributed by atoms with Crippen molar-refractivity contribution in [3.8, 4) is 0 Å². The van der Waals surface area contributed by atoms with Crippen LogP contribution in [0.2, 0.25) is 0 Å². The van der Waals surface area contributed by atoms with E-state index in [1.807, 2.05) is 54.1 Å². The molecule has 4 rings (SSSR count). The van der Waals surface area contributed by atoms with Crippen LogP contribution in [0.3, 0.4) is 0 Å². The predicted octanol–water partition coefficient (Wildman–Crippen LogP) is 7.18. The summed E-state index contributed by atoms with van der Waals surface area (Å²) in [6.07, 6.45) is 3.91. The summed E-state index contributed by atoms with van der Waals surface area (Å²) < 4.78 is 2.31. The highest BCUT2D eigenvalue weighted by atomic mass is 15.2. The molecule has 0 saturated carbocycles. The molecule has 1 aliphatic rings. The zero-order valence-electron chi connectivity index (χ0n) is 19.4. The Bertz CT molecular complexity index is 770. The molecule has 158 valence electrons. The van der Waals surface area contributed by atoms with Crippen LogP contribution >= 0.6 is 0 Å². The van der Waals surface area contributed by atoms with Gasteiger partial charge in [0.05, 0.1) is 0 Å². The van der Waals surface area contributed by atoms with Crippen LogP contribution < -0.4 is 0 Å². The molecule has 0 atom stereocenters. The first-order valence-electron chi connectivity index (χ1n) is 11.2. The summed E-state index contributed by atoms with van der Waals surface area (Å²) in [7, 11) is 0. The van der Waals surface area contributed by atoms with E-state index in [2.05, 4.69) is 101 Å². The van der Waals surface area contributed by atoms with Gasteiger partial charge in [0.2, 0.25) is 0 Å². The fraction of sp³-hybridized carbons (Fsp3) is 0.286. The van der Waals surface area contributed by atoms with E-state index in [9.17, 15) is 0 Å². The Balaban J connectivity index is 0.000000691. The molecule has 0 bridgehead atoms. The summed E-state index contributed by atoms with van der Waals surface area (Å²) in [5.74, 6) is 0. The largest absolute Gasteiger partial charge is 0.282 e. The molecular formula is C28H37N2+. The second-order valence-corrected chi connectivity index (χ2v) is 5.91. The molecule has 0 N–H and O–H groups in total. The third-order valence-electron chi connectivity index (χ3n) is 4.60. The van der Waals surface area contributed by atoms with E-state index in [0.717, 1.165) is 6.54 Å². The summed E-state index contributed by atoms with van der Waals surface area (Å²) in [5, 5.41) is 0. The lowest BCUT2D eigenvalue weighted by atomic mass is 9.76. The average molecular weight is 402 g/mol. The fourth-order valence-electron chi connectivity index (χ4n) is 3.57. The molecule has 2 heteroatoms. The summed E-state index contributed by atoms with van der Waals surface area (Å²) in [4.78, 5) is 4.38. The van der Waals surface area contributed by atoms with Gasteiger partial charge in [-0.15, -0.1) is 0 Å². The van der Waals surface area contributed by atoms with E-state index in [1.165, 1.54) is 16.7 Å². The topological polar surface area (TPSA) is 15.4 Å². The lowest BCUT2D eigenvalue weighted by Crippen LogP contribution is -2.42. The maximum atomic E-state index is 4.38. The lowest BCUT2D eigenvalue weighted by molar-refractivity contribution is -0.575. The van der Waals surface area contributed by atoms with Crippen molar-refractivity contribution in [3.05, 3.63) is 108 Å². The minimum Gasteiger partial charge on any atom is -0.239 e. The molecule has 0 aromatic heterocycles. The Kier molecular flexibility index (Phi) is 11.7. The molecule has 0 unspecified atom stereocenters. The van der Waals surface area contributed by atoms with E-state index in [-0.39, 0.29) is 5.54 Å². The average Bonchev–Trinajstić information content (AvgIpc) is 3.41. The molecule has 3 aromatic rings. The molecule has 0 saturated heterocycles. The van der Waals surface area contributed by atoms with E-state index in [4.69, 9.17) is 0 Å². The number of nitrogens with zero attached hydrogens (tertiary/aromatic N) is 2. The van der Waals surface area contributed by atoms with E-state index in [0.29, 0.717) is 0 Å². The van der Waals surface area contributed by atoms with E-state index < -0.39 is 0 Å². The standard InChI is InChI=1S/C22H19N2.3C2H6/c1-4-10-19(11-5-1)22(24-17-16-23-18-24,20-12-6-2-7-13-20)21-14-8-3-9-15-21;3*1-2/h1-16,18H,17H2;3*1-2H3/q+1;;;. The van der Waals surface area contributed by atoms with Gasteiger partial charge in [0, 0.05) is 16.7 Å². The summed E-state index contributed by atoms with van der Waals surface area (Å²) >= 11 is 0. The van der Waals surface area contributed by atoms with Crippen LogP contribution in [0.4, 0.5) is 0 Å². The van der Waals surface area contributed by atoms with Gasteiger partial charge in [-0.3, -0.25) is 0 Å². The Labute approximate surface area is 183 Å². The number of hydrogen-bond donors (Lipinski definition) is 0. The van der Waals surface area contributed by atoms with Gasteiger partial charge >= 0.3 is 0 Å². The van der Waals surface area contributed by atoms with Crippen LogP contribution in [0.15, 0.2) is 96.0 Å². The highest BCUT2D eigenvalue weighted by molar-refractivity contribution is 5.75. The number of rotatable bonds is 4. The van der Waals surface area contributed by atoms with Gasteiger partial charge in [0.25, 0.3) is 6.34 Å². The molecular weight excluding hydrogens is 364 g/mol. The fourth-order valence-corrected chi connectivity index (χ4v) is 3.57. The van der Waals surface area contributed by atoms with Crippen LogP contribution in [0.25, 0.3) is 0 Å². The zero-order chi connectivity index (χ0) is 22.2. The Hall–Kier alpha value is -3.00. The first-order valence-corrected chi connectivity index (χ1v) is 11.2. The SMILES string of the molecule is C1=NC=[N+](C(c2ccccc2)(c2ccccc2)c2ccccc2)C1.CC.CC.CC. The zero-order valence-corrected chi connectivity index (χ0v) is 19.4. The van der Waals surface area contributed by atoms with Crippen molar-refractivity contribution in [2.75, 3.05) is 6.54 Å². The number of aliphatic imine (C=N–C) groups is 1. The van der Waals surface area contributed by atoms with Crippen molar-refractivity contribution in [3.63, 3.8) is 0 Å². The molecule has 0 aliphatic carbocycles. The van der Waals surface area contributed by atoms with E-state index >= 15 is 0 Å². The maximum Gasteiger partial charge on any atom is 0.282 e. The Morgan fingerprint density at radius 1 is 0.567 bits per heavy atom. The molecule has 30 heavy (non-hydrogen) atoms. The Morgan fingerprint density at radius 2 is 0.900 bits per heavy atom.